The lowest BCUT2D eigenvalue weighted by Gasteiger charge is -2.43. The number of amides is 2. The van der Waals surface area contributed by atoms with Crippen molar-refractivity contribution in [3.05, 3.63) is 65.4 Å². The van der Waals surface area contributed by atoms with Gasteiger partial charge in [-0.25, -0.2) is 4.98 Å². The van der Waals surface area contributed by atoms with Crippen LogP contribution >= 0.6 is 0 Å². The molecular formula is C36H45N7O4. The van der Waals surface area contributed by atoms with Crippen molar-refractivity contribution in [1.82, 2.24) is 20.2 Å². The zero-order valence-corrected chi connectivity index (χ0v) is 27.4. The van der Waals surface area contributed by atoms with Crippen LogP contribution in [0.2, 0.25) is 0 Å². The van der Waals surface area contributed by atoms with E-state index < -0.39 is 0 Å². The highest BCUT2D eigenvalue weighted by Crippen LogP contribution is 2.41. The third-order valence-electron chi connectivity index (χ3n) is 9.99. The minimum absolute atomic E-state index is 0.0834. The zero-order valence-electron chi connectivity index (χ0n) is 27.4. The highest BCUT2D eigenvalue weighted by molar-refractivity contribution is 6.04. The molecule has 47 heavy (non-hydrogen) atoms. The molecule has 2 fully saturated rings. The Morgan fingerprint density at radius 3 is 2.72 bits per heavy atom. The zero-order chi connectivity index (χ0) is 32.3. The average molecular weight is 640 g/mol. The number of carbonyl (C=O) groups excluding carboxylic acids is 2. The van der Waals surface area contributed by atoms with E-state index in [9.17, 15) is 9.59 Å². The SMILES string of the molecule is CCC1C(=O)N(C)c2cnc(Nc3ccc(C(=O)NCCC4CN(Cc5ccccc5)CCO4)c4c3OCC4)nc2N1C1CCCC1. The van der Waals surface area contributed by atoms with E-state index in [0.29, 0.717) is 49.5 Å². The van der Waals surface area contributed by atoms with Crippen molar-refractivity contribution >= 4 is 35.0 Å². The van der Waals surface area contributed by atoms with E-state index in [0.717, 1.165) is 80.9 Å². The molecule has 1 aliphatic carbocycles. The Hall–Kier alpha value is -4.22. The molecule has 0 bridgehead atoms. The summed E-state index contributed by atoms with van der Waals surface area (Å²) < 4.78 is 12.1. The Morgan fingerprint density at radius 1 is 1.09 bits per heavy atom. The van der Waals surface area contributed by atoms with Crippen molar-refractivity contribution in [2.75, 3.05) is 55.0 Å². The monoisotopic (exact) mass is 639 g/mol. The fourth-order valence-electron chi connectivity index (χ4n) is 7.55. The summed E-state index contributed by atoms with van der Waals surface area (Å²) in [6, 6.07) is 14.3. The molecule has 0 spiro atoms. The van der Waals surface area contributed by atoms with E-state index in [1.54, 1.807) is 18.1 Å². The lowest BCUT2D eigenvalue weighted by molar-refractivity contribution is -0.120. The summed E-state index contributed by atoms with van der Waals surface area (Å²) in [6.07, 6.45) is 8.39. The number of aromatic nitrogens is 2. The topological polar surface area (TPSA) is 112 Å². The van der Waals surface area contributed by atoms with Gasteiger partial charge in [-0.1, -0.05) is 50.1 Å². The van der Waals surface area contributed by atoms with Gasteiger partial charge in [-0.05, 0) is 43.4 Å². The first-order valence-corrected chi connectivity index (χ1v) is 17.1. The van der Waals surface area contributed by atoms with Gasteiger partial charge in [0.15, 0.2) is 5.82 Å². The number of carbonyl (C=O) groups is 2. The van der Waals surface area contributed by atoms with Crippen molar-refractivity contribution < 1.29 is 19.1 Å². The lowest BCUT2D eigenvalue weighted by atomic mass is 10.0. The summed E-state index contributed by atoms with van der Waals surface area (Å²) in [5.41, 5.74) is 4.27. The van der Waals surface area contributed by atoms with Crippen molar-refractivity contribution in [1.29, 1.82) is 0 Å². The van der Waals surface area contributed by atoms with Crippen molar-refractivity contribution in [2.24, 2.45) is 0 Å². The third kappa shape index (κ3) is 6.51. The first-order chi connectivity index (χ1) is 23.0. The van der Waals surface area contributed by atoms with Crippen molar-refractivity contribution in [2.45, 2.75) is 76.6 Å². The number of fused-ring (bicyclic) bond motifs is 2. The summed E-state index contributed by atoms with van der Waals surface area (Å²) in [5.74, 6) is 1.88. The summed E-state index contributed by atoms with van der Waals surface area (Å²) in [5, 5.41) is 6.48. The fourth-order valence-corrected chi connectivity index (χ4v) is 7.55. The van der Waals surface area contributed by atoms with Gasteiger partial charge in [0.25, 0.3) is 5.91 Å². The molecule has 1 saturated heterocycles. The van der Waals surface area contributed by atoms with E-state index in [2.05, 4.69) is 56.6 Å². The first-order valence-electron chi connectivity index (χ1n) is 17.1. The molecule has 7 rings (SSSR count). The van der Waals surface area contributed by atoms with Crippen LogP contribution in [0.4, 0.5) is 23.1 Å². The molecular weight excluding hydrogens is 594 g/mol. The summed E-state index contributed by atoms with van der Waals surface area (Å²) in [7, 11) is 1.81. The Kier molecular flexibility index (Phi) is 9.26. The molecule has 1 saturated carbocycles. The quantitative estimate of drug-likeness (QED) is 0.327. The fraction of sp³-hybridized carbons (Fsp3) is 0.500. The predicted octanol–water partition coefficient (Wildman–Crippen LogP) is 4.68. The van der Waals surface area contributed by atoms with Gasteiger partial charge in [0.2, 0.25) is 11.9 Å². The number of anilines is 4. The van der Waals surface area contributed by atoms with Crippen LogP contribution in [-0.2, 0) is 22.5 Å². The molecule has 4 heterocycles. The van der Waals surface area contributed by atoms with Crippen LogP contribution in [0.5, 0.6) is 5.75 Å². The molecule has 2 N–H and O–H groups in total. The van der Waals surface area contributed by atoms with Crippen LogP contribution < -0.4 is 25.2 Å². The van der Waals surface area contributed by atoms with Gasteiger partial charge < -0.3 is 29.9 Å². The van der Waals surface area contributed by atoms with Gasteiger partial charge in [0.05, 0.1) is 31.2 Å². The number of ether oxygens (including phenoxy) is 2. The Bertz CT molecular complexity index is 1600. The molecule has 248 valence electrons. The summed E-state index contributed by atoms with van der Waals surface area (Å²) in [4.78, 5) is 42.5. The second-order valence-electron chi connectivity index (χ2n) is 13.0. The molecule has 3 aromatic rings. The van der Waals surface area contributed by atoms with Crippen LogP contribution in [0.3, 0.4) is 0 Å². The van der Waals surface area contributed by atoms with Crippen molar-refractivity contribution in [3.63, 3.8) is 0 Å². The first kappa shape index (κ1) is 31.4. The molecule has 2 amide bonds. The average Bonchev–Trinajstić information content (AvgIpc) is 3.81. The lowest BCUT2D eigenvalue weighted by Crippen LogP contribution is -2.55. The second-order valence-corrected chi connectivity index (χ2v) is 13.0. The largest absolute Gasteiger partial charge is 0.491 e. The van der Waals surface area contributed by atoms with Crippen LogP contribution in [0.25, 0.3) is 0 Å². The molecule has 11 heteroatoms. The molecule has 2 unspecified atom stereocenters. The maximum Gasteiger partial charge on any atom is 0.251 e. The maximum atomic E-state index is 13.4. The van der Waals surface area contributed by atoms with Gasteiger partial charge in [0, 0.05) is 56.8 Å². The van der Waals surface area contributed by atoms with Crippen LogP contribution in [0.1, 0.15) is 66.9 Å². The van der Waals surface area contributed by atoms with Gasteiger partial charge in [-0.2, -0.15) is 4.98 Å². The molecule has 1 aromatic heterocycles. The minimum Gasteiger partial charge on any atom is -0.491 e. The maximum absolute atomic E-state index is 13.4. The smallest absolute Gasteiger partial charge is 0.251 e. The van der Waals surface area contributed by atoms with E-state index in [-0.39, 0.29) is 24.0 Å². The molecule has 11 nitrogen and oxygen atoms in total. The van der Waals surface area contributed by atoms with Crippen molar-refractivity contribution in [3.8, 4) is 5.75 Å². The van der Waals surface area contributed by atoms with E-state index >= 15 is 0 Å². The normalized spacial score (nSPS) is 21.4. The third-order valence-corrected chi connectivity index (χ3v) is 9.99. The number of benzene rings is 2. The van der Waals surface area contributed by atoms with Crippen LogP contribution in [-0.4, -0.2) is 84.8 Å². The standard InChI is InChI=1S/C36H45N7O4/c1-3-30-35(45)41(2)31-21-38-36(40-33(31)43(30)25-11-7-8-12-25)39-29-14-13-28(27-16-19-47-32(27)29)34(44)37-17-15-26-23-42(18-20-46-26)22-24-9-5-4-6-10-24/h4-6,9-10,13-14,21,25-26,30H,3,7-8,11-12,15-20,22-23H2,1-2H3,(H,37,44)(H,38,39,40). The van der Waals surface area contributed by atoms with Crippen LogP contribution in [0, 0.1) is 0 Å². The second kappa shape index (κ2) is 13.9. The molecule has 2 atom stereocenters. The highest BCUT2D eigenvalue weighted by Gasteiger charge is 2.41. The number of rotatable bonds is 10. The summed E-state index contributed by atoms with van der Waals surface area (Å²) in [6.45, 7) is 6.48. The number of hydrogen-bond donors (Lipinski definition) is 2. The number of morpholine rings is 1. The molecule has 4 aliphatic rings. The minimum atomic E-state index is -0.235. The number of nitrogens with zero attached hydrogens (tertiary/aromatic N) is 5. The molecule has 0 radical (unpaired) electrons. The van der Waals surface area contributed by atoms with E-state index in [4.69, 9.17) is 14.5 Å². The Labute approximate surface area is 276 Å². The number of nitrogens with one attached hydrogen (secondary N) is 2. The van der Waals surface area contributed by atoms with Gasteiger partial charge in [0.1, 0.15) is 17.5 Å². The Balaban J connectivity index is 1.02. The van der Waals surface area contributed by atoms with Gasteiger partial charge in [-0.3, -0.25) is 14.5 Å². The van der Waals surface area contributed by atoms with Gasteiger partial charge in [-0.15, -0.1) is 0 Å². The van der Waals surface area contributed by atoms with Gasteiger partial charge >= 0.3 is 0 Å². The van der Waals surface area contributed by atoms with E-state index in [1.165, 1.54) is 5.56 Å². The highest BCUT2D eigenvalue weighted by atomic mass is 16.5. The van der Waals surface area contributed by atoms with Crippen LogP contribution in [0.15, 0.2) is 48.7 Å². The molecule has 2 aromatic carbocycles. The number of likely N-dealkylation sites (N-methyl/N-ethyl adjacent to an activating group) is 1. The van der Waals surface area contributed by atoms with E-state index in [1.807, 2.05) is 18.2 Å². The summed E-state index contributed by atoms with van der Waals surface area (Å²) >= 11 is 0. The Morgan fingerprint density at radius 2 is 1.91 bits per heavy atom. The molecule has 3 aliphatic heterocycles. The number of hydrogen-bond acceptors (Lipinski definition) is 9. The predicted molar refractivity (Wildman–Crippen MR) is 182 cm³/mol.